The van der Waals surface area contributed by atoms with Crippen LogP contribution in [0.2, 0.25) is 0 Å². The van der Waals surface area contributed by atoms with Gasteiger partial charge in [-0.1, -0.05) is 33.6 Å². The van der Waals surface area contributed by atoms with Crippen molar-refractivity contribution in [3.05, 3.63) is 29.3 Å². The van der Waals surface area contributed by atoms with Crippen LogP contribution >= 0.6 is 15.9 Å². The van der Waals surface area contributed by atoms with Crippen LogP contribution in [0.5, 0.6) is 5.75 Å². The predicted octanol–water partition coefficient (Wildman–Crippen LogP) is 3.65. The largest absolute Gasteiger partial charge is 0.467 e. The van der Waals surface area contributed by atoms with E-state index in [2.05, 4.69) is 35.0 Å². The van der Waals surface area contributed by atoms with Crippen molar-refractivity contribution in [2.75, 3.05) is 13.4 Å². The fourth-order valence-electron chi connectivity index (χ4n) is 1.56. The van der Waals surface area contributed by atoms with Gasteiger partial charge in [0.1, 0.15) is 5.75 Å². The highest BCUT2D eigenvalue weighted by molar-refractivity contribution is 9.08. The summed E-state index contributed by atoms with van der Waals surface area (Å²) in [7, 11) is 0. The normalized spacial score (nSPS) is 15.1. The molecule has 0 bridgehead atoms. The third kappa shape index (κ3) is 3.49. The summed E-state index contributed by atoms with van der Waals surface area (Å²) in [4.78, 5) is 0. The maximum atomic E-state index is 5.61. The van der Waals surface area contributed by atoms with Gasteiger partial charge in [-0.05, 0) is 31.7 Å². The van der Waals surface area contributed by atoms with E-state index in [0.29, 0.717) is 6.79 Å². The Morgan fingerprint density at radius 1 is 1.38 bits per heavy atom. The monoisotopic (exact) mass is 284 g/mol. The minimum absolute atomic E-state index is 0.361. The van der Waals surface area contributed by atoms with Crippen LogP contribution in [-0.4, -0.2) is 13.4 Å². The third-order valence-electron chi connectivity index (χ3n) is 2.71. The van der Waals surface area contributed by atoms with E-state index in [1.807, 2.05) is 6.07 Å². The zero-order valence-corrected chi connectivity index (χ0v) is 11.1. The summed E-state index contributed by atoms with van der Waals surface area (Å²) in [5.41, 5.74) is 2.43. The summed E-state index contributed by atoms with van der Waals surface area (Å²) in [6, 6.07) is 6.19. The van der Waals surface area contributed by atoms with E-state index in [1.165, 1.54) is 24.0 Å². The highest BCUT2D eigenvalue weighted by atomic mass is 79.9. The number of benzene rings is 1. The molecule has 0 aromatic heterocycles. The van der Waals surface area contributed by atoms with E-state index < -0.39 is 0 Å². The maximum Gasteiger partial charge on any atom is 0.189 e. The molecule has 0 aliphatic heterocycles. The van der Waals surface area contributed by atoms with Crippen LogP contribution in [0.4, 0.5) is 0 Å². The molecule has 2 nitrogen and oxygen atoms in total. The minimum Gasteiger partial charge on any atom is -0.467 e. The molecule has 1 fully saturated rings. The number of rotatable bonds is 6. The Hall–Kier alpha value is -0.540. The number of alkyl halides is 1. The second-order valence-electron chi connectivity index (χ2n) is 4.32. The molecule has 88 valence electrons. The van der Waals surface area contributed by atoms with Gasteiger partial charge in [0.05, 0.1) is 6.61 Å². The second kappa shape index (κ2) is 5.69. The molecule has 3 heteroatoms. The van der Waals surface area contributed by atoms with E-state index in [1.54, 1.807) is 0 Å². The SMILES string of the molecule is Cc1ccc(OCOCC2CC2)c(CBr)c1. The minimum atomic E-state index is 0.361. The lowest BCUT2D eigenvalue weighted by atomic mass is 10.1. The lowest BCUT2D eigenvalue weighted by molar-refractivity contribution is 0.00958. The Bertz CT molecular complexity index is 348. The Labute approximate surface area is 105 Å². The quantitative estimate of drug-likeness (QED) is 0.451. The molecule has 0 amide bonds. The molecule has 1 aliphatic carbocycles. The molecular weight excluding hydrogens is 268 g/mol. The molecule has 1 aliphatic rings. The first kappa shape index (κ1) is 11.9. The number of aryl methyl sites for hydroxylation is 1. The molecule has 0 spiro atoms. The lowest BCUT2D eigenvalue weighted by Gasteiger charge is -2.10. The highest BCUT2D eigenvalue weighted by Gasteiger charge is 2.21. The summed E-state index contributed by atoms with van der Waals surface area (Å²) in [5.74, 6) is 1.70. The first-order valence-electron chi connectivity index (χ1n) is 5.65. The molecule has 0 radical (unpaired) electrons. The van der Waals surface area contributed by atoms with Gasteiger partial charge in [0.2, 0.25) is 0 Å². The van der Waals surface area contributed by atoms with Crippen molar-refractivity contribution in [2.24, 2.45) is 5.92 Å². The number of ether oxygens (including phenoxy) is 2. The van der Waals surface area contributed by atoms with Crippen molar-refractivity contribution in [2.45, 2.75) is 25.1 Å². The summed E-state index contributed by atoms with van der Waals surface area (Å²) in [5, 5.41) is 0.812. The summed E-state index contributed by atoms with van der Waals surface area (Å²) >= 11 is 3.46. The molecule has 0 unspecified atom stereocenters. The summed E-state index contributed by atoms with van der Waals surface area (Å²) in [6.07, 6.45) is 2.63. The van der Waals surface area contributed by atoms with Crippen molar-refractivity contribution in [1.29, 1.82) is 0 Å². The average molecular weight is 285 g/mol. The van der Waals surface area contributed by atoms with Crippen molar-refractivity contribution in [1.82, 2.24) is 0 Å². The molecule has 0 N–H and O–H groups in total. The highest BCUT2D eigenvalue weighted by Crippen LogP contribution is 2.29. The topological polar surface area (TPSA) is 18.5 Å². The molecule has 1 aromatic rings. The van der Waals surface area contributed by atoms with Crippen LogP contribution < -0.4 is 4.74 Å². The Balaban J connectivity index is 1.82. The van der Waals surface area contributed by atoms with Crippen LogP contribution in [0, 0.1) is 12.8 Å². The Morgan fingerprint density at radius 2 is 2.19 bits per heavy atom. The van der Waals surface area contributed by atoms with Gasteiger partial charge in [-0.25, -0.2) is 0 Å². The molecule has 0 saturated heterocycles. The Morgan fingerprint density at radius 3 is 2.88 bits per heavy atom. The summed E-state index contributed by atoms with van der Waals surface area (Å²) in [6.45, 7) is 3.29. The van der Waals surface area contributed by atoms with Crippen LogP contribution in [-0.2, 0) is 10.1 Å². The second-order valence-corrected chi connectivity index (χ2v) is 4.88. The van der Waals surface area contributed by atoms with Crippen molar-refractivity contribution in [3.8, 4) is 5.75 Å². The van der Waals surface area contributed by atoms with Gasteiger partial charge >= 0.3 is 0 Å². The van der Waals surface area contributed by atoms with Gasteiger partial charge in [-0.15, -0.1) is 0 Å². The van der Waals surface area contributed by atoms with Crippen LogP contribution in [0.25, 0.3) is 0 Å². The smallest absolute Gasteiger partial charge is 0.189 e. The van der Waals surface area contributed by atoms with Gasteiger partial charge in [0, 0.05) is 10.9 Å². The van der Waals surface area contributed by atoms with Crippen molar-refractivity contribution < 1.29 is 9.47 Å². The zero-order valence-electron chi connectivity index (χ0n) is 9.54. The first-order chi connectivity index (χ1) is 7.79. The van der Waals surface area contributed by atoms with E-state index in [0.717, 1.165) is 23.6 Å². The third-order valence-corrected chi connectivity index (χ3v) is 3.31. The average Bonchev–Trinajstić information content (AvgIpc) is 3.09. The standard InChI is InChI=1S/C13H17BrO2/c1-10-2-5-13(12(6-10)7-14)16-9-15-8-11-3-4-11/h2,5-6,11H,3-4,7-9H2,1H3. The molecule has 0 heterocycles. The zero-order chi connectivity index (χ0) is 11.4. The van der Waals surface area contributed by atoms with Gasteiger partial charge in [-0.2, -0.15) is 0 Å². The predicted molar refractivity (Wildman–Crippen MR) is 68.0 cm³/mol. The molecule has 0 atom stereocenters. The summed E-state index contributed by atoms with van der Waals surface area (Å²) < 4.78 is 11.1. The van der Waals surface area contributed by atoms with E-state index in [4.69, 9.17) is 9.47 Å². The van der Waals surface area contributed by atoms with Gasteiger partial charge in [-0.3, -0.25) is 0 Å². The Kier molecular flexibility index (Phi) is 4.24. The fraction of sp³-hybridized carbons (Fsp3) is 0.538. The van der Waals surface area contributed by atoms with Crippen LogP contribution in [0.3, 0.4) is 0 Å². The first-order valence-corrected chi connectivity index (χ1v) is 6.78. The van der Waals surface area contributed by atoms with E-state index in [-0.39, 0.29) is 0 Å². The molecular formula is C13H17BrO2. The van der Waals surface area contributed by atoms with Crippen molar-refractivity contribution in [3.63, 3.8) is 0 Å². The molecule has 1 saturated carbocycles. The van der Waals surface area contributed by atoms with Gasteiger partial charge < -0.3 is 9.47 Å². The fourth-order valence-corrected chi connectivity index (χ4v) is 2.00. The lowest BCUT2D eigenvalue weighted by Crippen LogP contribution is -2.06. The van der Waals surface area contributed by atoms with Crippen LogP contribution in [0.1, 0.15) is 24.0 Å². The number of hydrogen-bond acceptors (Lipinski definition) is 2. The van der Waals surface area contributed by atoms with Gasteiger partial charge in [0.25, 0.3) is 0 Å². The molecule has 2 rings (SSSR count). The van der Waals surface area contributed by atoms with Crippen LogP contribution in [0.15, 0.2) is 18.2 Å². The molecule has 16 heavy (non-hydrogen) atoms. The van der Waals surface area contributed by atoms with E-state index >= 15 is 0 Å². The van der Waals surface area contributed by atoms with E-state index in [9.17, 15) is 0 Å². The van der Waals surface area contributed by atoms with Gasteiger partial charge in [0.15, 0.2) is 6.79 Å². The maximum absolute atomic E-state index is 5.61. The number of hydrogen-bond donors (Lipinski definition) is 0. The number of halogens is 1. The van der Waals surface area contributed by atoms with Crippen molar-refractivity contribution >= 4 is 15.9 Å². The molecule has 1 aromatic carbocycles.